The molecule has 0 radical (unpaired) electrons. The lowest BCUT2D eigenvalue weighted by atomic mass is 10.2. The standard InChI is InChI=1S/C15H22N2O4/c1-4-6-10(2)17-13(18)9-21-15(19)11-7-5-8-12(16)14(11)20-3/h5,7-8,10H,4,6,9,16H2,1-3H3,(H,17,18). The maximum absolute atomic E-state index is 12.0. The molecule has 0 aliphatic heterocycles. The number of nitrogens with one attached hydrogen (secondary N) is 1. The molecule has 0 saturated carbocycles. The third kappa shape index (κ3) is 4.98. The second-order valence-electron chi connectivity index (χ2n) is 4.76. The van der Waals surface area contributed by atoms with E-state index in [0.717, 1.165) is 12.8 Å². The molecule has 0 spiro atoms. The number of nitrogen functional groups attached to an aromatic ring is 1. The van der Waals surface area contributed by atoms with E-state index in [2.05, 4.69) is 5.32 Å². The lowest BCUT2D eigenvalue weighted by Gasteiger charge is -2.13. The molecule has 1 aromatic carbocycles. The molecule has 0 aliphatic rings. The van der Waals surface area contributed by atoms with Crippen molar-refractivity contribution >= 4 is 17.6 Å². The van der Waals surface area contributed by atoms with Crippen molar-refractivity contribution < 1.29 is 19.1 Å². The number of ether oxygens (including phenoxy) is 2. The van der Waals surface area contributed by atoms with E-state index in [1.807, 2.05) is 13.8 Å². The van der Waals surface area contributed by atoms with Gasteiger partial charge in [0.05, 0.1) is 12.8 Å². The summed E-state index contributed by atoms with van der Waals surface area (Å²) < 4.78 is 10.1. The van der Waals surface area contributed by atoms with Crippen LogP contribution in [0.15, 0.2) is 18.2 Å². The van der Waals surface area contributed by atoms with Crippen LogP contribution >= 0.6 is 0 Å². The summed E-state index contributed by atoms with van der Waals surface area (Å²) in [6.45, 7) is 3.61. The molecule has 1 rings (SSSR count). The largest absolute Gasteiger partial charge is 0.494 e. The van der Waals surface area contributed by atoms with Gasteiger partial charge in [0.25, 0.3) is 5.91 Å². The van der Waals surface area contributed by atoms with Crippen molar-refractivity contribution in [3.05, 3.63) is 23.8 Å². The molecule has 0 saturated heterocycles. The van der Waals surface area contributed by atoms with Crippen LogP contribution in [0.5, 0.6) is 5.75 Å². The number of esters is 1. The van der Waals surface area contributed by atoms with Crippen molar-refractivity contribution in [2.75, 3.05) is 19.5 Å². The number of amides is 1. The van der Waals surface area contributed by atoms with E-state index in [1.165, 1.54) is 13.2 Å². The number of benzene rings is 1. The molecule has 0 aromatic heterocycles. The van der Waals surface area contributed by atoms with Crippen molar-refractivity contribution in [3.63, 3.8) is 0 Å². The number of para-hydroxylation sites is 1. The molecule has 21 heavy (non-hydrogen) atoms. The highest BCUT2D eigenvalue weighted by molar-refractivity contribution is 5.95. The van der Waals surface area contributed by atoms with Crippen molar-refractivity contribution in [2.45, 2.75) is 32.7 Å². The number of carbonyl (C=O) groups excluding carboxylic acids is 2. The molecule has 116 valence electrons. The minimum atomic E-state index is -0.641. The van der Waals surface area contributed by atoms with E-state index in [9.17, 15) is 9.59 Å². The molecule has 6 nitrogen and oxygen atoms in total. The monoisotopic (exact) mass is 294 g/mol. The topological polar surface area (TPSA) is 90.7 Å². The Labute approximate surface area is 124 Å². The van der Waals surface area contributed by atoms with Gasteiger partial charge in [0.15, 0.2) is 12.4 Å². The number of rotatable bonds is 7. The van der Waals surface area contributed by atoms with Crippen LogP contribution in [0.3, 0.4) is 0 Å². The minimum Gasteiger partial charge on any atom is -0.494 e. The number of methoxy groups -OCH3 is 1. The smallest absolute Gasteiger partial charge is 0.342 e. The van der Waals surface area contributed by atoms with Crippen LogP contribution in [-0.2, 0) is 9.53 Å². The molecule has 0 heterocycles. The number of hydrogen-bond acceptors (Lipinski definition) is 5. The van der Waals surface area contributed by atoms with Gasteiger partial charge in [0.2, 0.25) is 0 Å². The lowest BCUT2D eigenvalue weighted by molar-refractivity contribution is -0.124. The zero-order valence-corrected chi connectivity index (χ0v) is 12.6. The van der Waals surface area contributed by atoms with E-state index in [-0.39, 0.29) is 29.9 Å². The average Bonchev–Trinajstić information content (AvgIpc) is 2.44. The molecule has 0 bridgehead atoms. The summed E-state index contributed by atoms with van der Waals surface area (Å²) in [6.07, 6.45) is 1.85. The Morgan fingerprint density at radius 3 is 2.71 bits per heavy atom. The molecule has 1 unspecified atom stereocenters. The van der Waals surface area contributed by atoms with E-state index >= 15 is 0 Å². The van der Waals surface area contributed by atoms with Crippen LogP contribution in [-0.4, -0.2) is 31.6 Å². The highest BCUT2D eigenvalue weighted by Crippen LogP contribution is 2.26. The number of carbonyl (C=O) groups is 2. The van der Waals surface area contributed by atoms with Crippen molar-refractivity contribution in [2.24, 2.45) is 0 Å². The van der Waals surface area contributed by atoms with Gasteiger partial charge in [-0.25, -0.2) is 4.79 Å². The molecule has 6 heteroatoms. The third-order valence-corrected chi connectivity index (χ3v) is 2.93. The van der Waals surface area contributed by atoms with Gasteiger partial charge in [-0.05, 0) is 25.5 Å². The summed E-state index contributed by atoms with van der Waals surface area (Å²) in [7, 11) is 1.42. The molecule has 1 amide bonds. The second-order valence-corrected chi connectivity index (χ2v) is 4.76. The summed E-state index contributed by atoms with van der Waals surface area (Å²) in [6, 6.07) is 4.84. The number of anilines is 1. The van der Waals surface area contributed by atoms with Crippen molar-refractivity contribution in [3.8, 4) is 5.75 Å². The Balaban J connectivity index is 2.58. The summed E-state index contributed by atoms with van der Waals surface area (Å²) >= 11 is 0. The maximum Gasteiger partial charge on any atom is 0.342 e. The van der Waals surface area contributed by atoms with Crippen molar-refractivity contribution in [1.29, 1.82) is 0 Å². The van der Waals surface area contributed by atoms with Crippen LogP contribution in [0.4, 0.5) is 5.69 Å². The number of nitrogens with two attached hydrogens (primary N) is 1. The predicted octanol–water partition coefficient (Wildman–Crippen LogP) is 1.74. The first-order chi connectivity index (χ1) is 9.99. The molecular weight excluding hydrogens is 272 g/mol. The summed E-state index contributed by atoms with van der Waals surface area (Å²) in [5.74, 6) is -0.716. The van der Waals surface area contributed by atoms with Gasteiger partial charge in [-0.3, -0.25) is 4.79 Å². The normalized spacial score (nSPS) is 11.6. The first kappa shape index (κ1) is 16.8. The van der Waals surface area contributed by atoms with E-state index < -0.39 is 5.97 Å². The molecular formula is C15H22N2O4. The van der Waals surface area contributed by atoms with Crippen LogP contribution in [0.25, 0.3) is 0 Å². The van der Waals surface area contributed by atoms with Gasteiger partial charge in [-0.15, -0.1) is 0 Å². The van der Waals surface area contributed by atoms with Crippen LogP contribution < -0.4 is 15.8 Å². The fourth-order valence-electron chi connectivity index (χ4n) is 1.97. The third-order valence-electron chi connectivity index (χ3n) is 2.93. The quantitative estimate of drug-likeness (QED) is 0.590. The fraction of sp³-hybridized carbons (Fsp3) is 0.467. The van der Waals surface area contributed by atoms with Crippen LogP contribution in [0.2, 0.25) is 0 Å². The Morgan fingerprint density at radius 1 is 1.38 bits per heavy atom. The molecule has 0 aliphatic carbocycles. The first-order valence-corrected chi connectivity index (χ1v) is 6.88. The van der Waals surface area contributed by atoms with E-state index in [4.69, 9.17) is 15.2 Å². The Morgan fingerprint density at radius 2 is 2.10 bits per heavy atom. The lowest BCUT2D eigenvalue weighted by Crippen LogP contribution is -2.35. The maximum atomic E-state index is 12.0. The Hall–Kier alpha value is -2.24. The summed E-state index contributed by atoms with van der Waals surface area (Å²) in [5, 5.41) is 2.76. The SMILES string of the molecule is CCCC(C)NC(=O)COC(=O)c1cccc(N)c1OC. The zero-order valence-electron chi connectivity index (χ0n) is 12.6. The fourth-order valence-corrected chi connectivity index (χ4v) is 1.97. The predicted molar refractivity (Wildman–Crippen MR) is 80.2 cm³/mol. The van der Waals surface area contributed by atoms with Crippen LogP contribution in [0, 0.1) is 0 Å². The van der Waals surface area contributed by atoms with Gasteiger partial charge in [-0.2, -0.15) is 0 Å². The molecule has 0 fully saturated rings. The first-order valence-electron chi connectivity index (χ1n) is 6.88. The second kappa shape index (κ2) is 8.14. The van der Waals surface area contributed by atoms with Gasteiger partial charge < -0.3 is 20.5 Å². The Kier molecular flexibility index (Phi) is 6.52. The average molecular weight is 294 g/mol. The summed E-state index contributed by atoms with van der Waals surface area (Å²) in [4.78, 5) is 23.6. The van der Waals surface area contributed by atoms with Crippen molar-refractivity contribution in [1.82, 2.24) is 5.32 Å². The van der Waals surface area contributed by atoms with E-state index in [0.29, 0.717) is 5.69 Å². The highest BCUT2D eigenvalue weighted by Gasteiger charge is 2.17. The van der Waals surface area contributed by atoms with Gasteiger partial charge >= 0.3 is 5.97 Å². The zero-order chi connectivity index (χ0) is 15.8. The van der Waals surface area contributed by atoms with Crippen LogP contribution in [0.1, 0.15) is 37.0 Å². The number of hydrogen-bond donors (Lipinski definition) is 2. The summed E-state index contributed by atoms with van der Waals surface area (Å²) in [5.41, 5.74) is 6.25. The highest BCUT2D eigenvalue weighted by atomic mass is 16.5. The van der Waals surface area contributed by atoms with Gasteiger partial charge in [0.1, 0.15) is 5.56 Å². The minimum absolute atomic E-state index is 0.0584. The Bertz CT molecular complexity index is 502. The molecule has 3 N–H and O–H groups in total. The molecule has 1 aromatic rings. The molecule has 1 atom stereocenters. The van der Waals surface area contributed by atoms with E-state index in [1.54, 1.807) is 12.1 Å². The van der Waals surface area contributed by atoms with Gasteiger partial charge in [-0.1, -0.05) is 19.4 Å². The van der Waals surface area contributed by atoms with Gasteiger partial charge in [0, 0.05) is 6.04 Å².